The molecular formula is C38H22Cl2S2. The molecule has 0 saturated carbocycles. The lowest BCUT2D eigenvalue weighted by molar-refractivity contribution is 1.60. The van der Waals surface area contributed by atoms with E-state index in [9.17, 15) is 0 Å². The van der Waals surface area contributed by atoms with Gasteiger partial charge >= 0.3 is 0 Å². The predicted octanol–water partition coefficient (Wildman–Crippen LogP) is 13.2. The number of hydrogen-bond acceptors (Lipinski definition) is 2. The van der Waals surface area contributed by atoms with E-state index in [-0.39, 0.29) is 0 Å². The van der Waals surface area contributed by atoms with Gasteiger partial charge in [0.15, 0.2) is 0 Å². The third-order valence-electron chi connectivity index (χ3n) is 7.84. The van der Waals surface area contributed by atoms with Gasteiger partial charge in [0, 0.05) is 30.2 Å². The quantitative estimate of drug-likeness (QED) is 0.185. The molecule has 0 bridgehead atoms. The molecule has 0 saturated heterocycles. The maximum Gasteiger partial charge on any atom is 0.0542 e. The summed E-state index contributed by atoms with van der Waals surface area (Å²) in [6.45, 7) is 0. The highest BCUT2D eigenvalue weighted by Gasteiger charge is 2.14. The highest BCUT2D eigenvalue weighted by atomic mass is 35.5. The summed E-state index contributed by atoms with van der Waals surface area (Å²) in [6, 6.07) is 47.3. The van der Waals surface area contributed by atoms with Gasteiger partial charge < -0.3 is 0 Å². The number of thiophene rings is 2. The number of hydrogen-bond donors (Lipinski definition) is 0. The first kappa shape index (κ1) is 25.8. The minimum Gasteiger partial charge on any atom is -0.134 e. The first-order valence-electron chi connectivity index (χ1n) is 13.7. The van der Waals surface area contributed by atoms with Crippen LogP contribution in [-0.2, 0) is 0 Å². The van der Waals surface area contributed by atoms with Crippen molar-refractivity contribution < 1.29 is 0 Å². The molecular weight excluding hydrogens is 591 g/mol. The zero-order valence-corrected chi connectivity index (χ0v) is 25.4. The van der Waals surface area contributed by atoms with Gasteiger partial charge in [-0.3, -0.25) is 0 Å². The Labute approximate surface area is 262 Å². The van der Waals surface area contributed by atoms with Crippen LogP contribution in [0.2, 0.25) is 10.0 Å². The molecule has 8 rings (SSSR count). The zero-order chi connectivity index (χ0) is 28.2. The van der Waals surface area contributed by atoms with Gasteiger partial charge in [0.25, 0.3) is 0 Å². The normalized spacial score (nSPS) is 11.6. The third kappa shape index (κ3) is 4.62. The third-order valence-corrected chi connectivity index (χ3v) is 10.8. The molecule has 0 fully saturated rings. The largest absolute Gasteiger partial charge is 0.134 e. The van der Waals surface area contributed by atoms with E-state index in [2.05, 4.69) is 97.1 Å². The molecule has 42 heavy (non-hydrogen) atoms. The number of halogens is 2. The summed E-state index contributed by atoms with van der Waals surface area (Å²) in [4.78, 5) is 0. The Morgan fingerprint density at radius 1 is 0.333 bits per heavy atom. The molecule has 0 unspecified atom stereocenters. The molecule has 0 radical (unpaired) electrons. The monoisotopic (exact) mass is 612 g/mol. The number of benzene rings is 6. The Kier molecular flexibility index (Phi) is 6.39. The molecule has 6 aromatic carbocycles. The summed E-state index contributed by atoms with van der Waals surface area (Å²) >= 11 is 16.2. The summed E-state index contributed by atoms with van der Waals surface area (Å²) in [5.74, 6) is 0. The Bertz CT molecular complexity index is 2090. The van der Waals surface area contributed by atoms with E-state index in [1.165, 1.54) is 63.0 Å². The van der Waals surface area contributed by atoms with Crippen molar-refractivity contribution in [3.8, 4) is 44.5 Å². The van der Waals surface area contributed by atoms with Gasteiger partial charge in [0.2, 0.25) is 0 Å². The van der Waals surface area contributed by atoms with E-state index in [0.29, 0.717) is 0 Å². The van der Waals surface area contributed by atoms with Gasteiger partial charge in [0.1, 0.15) is 0 Å². The van der Waals surface area contributed by atoms with Crippen molar-refractivity contribution in [1.82, 2.24) is 0 Å². The minimum absolute atomic E-state index is 0.757. The van der Waals surface area contributed by atoms with E-state index >= 15 is 0 Å². The van der Waals surface area contributed by atoms with E-state index in [1.807, 2.05) is 59.1 Å². The maximum atomic E-state index is 6.20. The van der Waals surface area contributed by atoms with E-state index < -0.39 is 0 Å². The molecule has 0 amide bonds. The summed E-state index contributed by atoms with van der Waals surface area (Å²) in [6.07, 6.45) is 0. The second kappa shape index (κ2) is 10.4. The van der Waals surface area contributed by atoms with Crippen LogP contribution in [0.3, 0.4) is 0 Å². The summed E-state index contributed by atoms with van der Waals surface area (Å²) in [7, 11) is 0. The van der Waals surface area contributed by atoms with Crippen molar-refractivity contribution in [2.24, 2.45) is 0 Å². The van der Waals surface area contributed by atoms with Crippen LogP contribution in [-0.4, -0.2) is 0 Å². The first-order chi connectivity index (χ1) is 20.6. The maximum absolute atomic E-state index is 6.20. The molecule has 0 aliphatic heterocycles. The lowest BCUT2D eigenvalue weighted by Crippen LogP contribution is -1.80. The minimum atomic E-state index is 0.757. The van der Waals surface area contributed by atoms with Crippen LogP contribution >= 0.6 is 45.9 Å². The van der Waals surface area contributed by atoms with Crippen LogP contribution in [0.1, 0.15) is 0 Å². The van der Waals surface area contributed by atoms with Gasteiger partial charge in [-0.25, -0.2) is 0 Å². The van der Waals surface area contributed by atoms with E-state index in [1.54, 1.807) is 0 Å². The Morgan fingerprint density at radius 2 is 0.667 bits per heavy atom. The van der Waals surface area contributed by atoms with Gasteiger partial charge in [-0.15, -0.1) is 22.7 Å². The van der Waals surface area contributed by atoms with Crippen LogP contribution in [0.15, 0.2) is 133 Å². The van der Waals surface area contributed by atoms with Crippen LogP contribution in [0.25, 0.3) is 74.1 Å². The van der Waals surface area contributed by atoms with Gasteiger partial charge in [-0.2, -0.15) is 0 Å². The Morgan fingerprint density at radius 3 is 1.02 bits per heavy atom. The van der Waals surface area contributed by atoms with Crippen LogP contribution < -0.4 is 0 Å². The molecule has 0 aliphatic rings. The van der Waals surface area contributed by atoms with Gasteiger partial charge in [0.05, 0.1) is 9.40 Å². The molecule has 0 spiro atoms. The van der Waals surface area contributed by atoms with Gasteiger partial charge in [-0.05, 0) is 80.9 Å². The molecule has 200 valence electrons. The molecule has 0 nitrogen and oxygen atoms in total. The summed E-state index contributed by atoms with van der Waals surface area (Å²) in [5.41, 5.74) is 9.51. The predicted molar refractivity (Wildman–Crippen MR) is 186 cm³/mol. The van der Waals surface area contributed by atoms with Crippen molar-refractivity contribution in [3.63, 3.8) is 0 Å². The van der Waals surface area contributed by atoms with Crippen molar-refractivity contribution in [2.75, 3.05) is 0 Å². The molecule has 2 aromatic heterocycles. The average molecular weight is 614 g/mol. The lowest BCUT2D eigenvalue weighted by Gasteiger charge is -2.06. The van der Waals surface area contributed by atoms with Crippen molar-refractivity contribution >= 4 is 75.4 Å². The SMILES string of the molecule is Clc1cccc(-c2ccc(-c3ccc4c(c3)sc3c5ccc(-c6ccc(-c7cccc(Cl)c7)cc6)cc5sc43)cc2)c1. The van der Waals surface area contributed by atoms with Crippen LogP contribution in [0.5, 0.6) is 0 Å². The molecule has 8 aromatic rings. The highest BCUT2D eigenvalue weighted by molar-refractivity contribution is 7.36. The number of fused-ring (bicyclic) bond motifs is 5. The molecule has 4 heteroatoms. The Balaban J connectivity index is 1.11. The molecule has 0 N–H and O–H groups in total. The fraction of sp³-hybridized carbons (Fsp3) is 0. The van der Waals surface area contributed by atoms with Crippen LogP contribution in [0.4, 0.5) is 0 Å². The number of rotatable bonds is 4. The summed E-state index contributed by atoms with van der Waals surface area (Å²) in [5, 5.41) is 4.19. The molecule has 2 heterocycles. The Hall–Kier alpha value is -3.92. The van der Waals surface area contributed by atoms with Gasteiger partial charge in [-0.1, -0.05) is 120 Å². The summed E-state index contributed by atoms with van der Waals surface area (Å²) < 4.78 is 5.41. The van der Waals surface area contributed by atoms with Crippen molar-refractivity contribution in [1.29, 1.82) is 0 Å². The van der Waals surface area contributed by atoms with Crippen LogP contribution in [0, 0.1) is 0 Å². The topological polar surface area (TPSA) is 0 Å². The zero-order valence-electron chi connectivity index (χ0n) is 22.3. The van der Waals surface area contributed by atoms with Crippen molar-refractivity contribution in [2.45, 2.75) is 0 Å². The smallest absolute Gasteiger partial charge is 0.0542 e. The average Bonchev–Trinajstić information content (AvgIpc) is 3.56. The van der Waals surface area contributed by atoms with Crippen molar-refractivity contribution in [3.05, 3.63) is 144 Å². The highest BCUT2D eigenvalue weighted by Crippen LogP contribution is 2.46. The second-order valence-electron chi connectivity index (χ2n) is 10.5. The molecule has 0 atom stereocenters. The molecule has 0 aliphatic carbocycles. The standard InChI is InChI=1S/C38H22Cl2S2/c39-31-5-1-3-27(19-31)23-7-11-25(12-8-23)29-15-17-33-35(21-29)41-38-34-18-16-30(22-36(34)42-37(33)38)26-13-9-24(10-14-26)28-4-2-6-32(40)20-28/h1-22H. The first-order valence-corrected chi connectivity index (χ1v) is 16.1. The fourth-order valence-electron chi connectivity index (χ4n) is 5.66. The van der Waals surface area contributed by atoms with E-state index in [4.69, 9.17) is 23.2 Å². The lowest BCUT2D eigenvalue weighted by atomic mass is 10.00. The fourth-order valence-corrected chi connectivity index (χ4v) is 8.77. The second-order valence-corrected chi connectivity index (χ2v) is 13.4. The van der Waals surface area contributed by atoms with E-state index in [0.717, 1.165) is 21.2 Å².